The molecule has 0 aromatic heterocycles. The van der Waals surface area contributed by atoms with Crippen molar-refractivity contribution in [2.24, 2.45) is 0 Å². The van der Waals surface area contributed by atoms with Crippen LogP contribution in [0.15, 0.2) is 12.2 Å². The van der Waals surface area contributed by atoms with E-state index in [9.17, 15) is 19.8 Å². The third kappa shape index (κ3) is 65.6. The topological polar surface area (TPSA) is 95.9 Å². The number of unbranched alkanes of at least 4 members (excludes halogenated alkanes) is 58. The first kappa shape index (κ1) is 77.6. The van der Waals surface area contributed by atoms with Crippen LogP contribution < -0.4 is 5.32 Å². The van der Waals surface area contributed by atoms with Crippen LogP contribution in [0, 0.1) is 0 Å². The molecular weight excluding hydrogens is 971 g/mol. The first-order valence-corrected chi connectivity index (χ1v) is 36.5. The summed E-state index contributed by atoms with van der Waals surface area (Å²) in [5.41, 5.74) is 0. The zero-order chi connectivity index (χ0) is 57.1. The average Bonchev–Trinajstić information content (AvgIpc) is 3.45. The number of rotatable bonds is 69. The van der Waals surface area contributed by atoms with Gasteiger partial charge in [0, 0.05) is 12.8 Å². The first-order chi connectivity index (χ1) is 39.0. The molecule has 6 heteroatoms. The van der Waals surface area contributed by atoms with Gasteiger partial charge in [0.25, 0.3) is 0 Å². The second kappa shape index (κ2) is 69.1. The number of carbonyl (C=O) groups is 2. The molecule has 0 aromatic carbocycles. The van der Waals surface area contributed by atoms with E-state index in [2.05, 4.69) is 19.2 Å². The van der Waals surface area contributed by atoms with Gasteiger partial charge in [0.2, 0.25) is 5.91 Å². The summed E-state index contributed by atoms with van der Waals surface area (Å²) in [5, 5.41) is 23.3. The normalized spacial score (nSPS) is 12.5. The fourth-order valence-electron chi connectivity index (χ4n) is 11.8. The maximum atomic E-state index is 12.5. The fraction of sp³-hybridized carbons (Fsp3) is 0.945. The number of amides is 1. The minimum atomic E-state index is -0.845. The standard InChI is InChI=1S/C73H143NO5/c1-3-5-7-9-11-13-15-17-19-21-23-27-30-33-37-41-45-49-53-57-61-65-71(76)70(69-75)74-72(77)66-62-58-54-50-46-42-38-34-31-28-25-24-26-29-32-36-40-44-48-52-56-60-64-68-79-73(78)67-63-59-55-51-47-43-39-35-22-20-18-16-14-12-10-8-6-4-2/h61,65,70-71,75-76H,3-60,62-64,66-69H2,1-2H3,(H,74,77)/b65-61+. The maximum Gasteiger partial charge on any atom is 0.305 e. The molecule has 1 amide bonds. The van der Waals surface area contributed by atoms with Gasteiger partial charge in [-0.05, 0) is 32.1 Å². The summed E-state index contributed by atoms with van der Waals surface area (Å²) >= 11 is 0. The van der Waals surface area contributed by atoms with Gasteiger partial charge in [-0.1, -0.05) is 386 Å². The summed E-state index contributed by atoms with van der Waals surface area (Å²) in [7, 11) is 0. The van der Waals surface area contributed by atoms with Crippen LogP contribution in [0.2, 0.25) is 0 Å². The number of allylic oxidation sites excluding steroid dienone is 1. The lowest BCUT2D eigenvalue weighted by Gasteiger charge is -2.20. The Kier molecular flexibility index (Phi) is 67.9. The van der Waals surface area contributed by atoms with Gasteiger partial charge >= 0.3 is 5.97 Å². The SMILES string of the molecule is CCCCCCCCCCCCCCCCCCCCC/C=C/C(O)C(CO)NC(=O)CCCCCCCCCCCCCCCCCCCCCCCCCOC(=O)CCCCCCCCCCCCCCCCCCCC. The molecule has 0 aromatic rings. The summed E-state index contributed by atoms with van der Waals surface area (Å²) < 4.78 is 5.51. The van der Waals surface area contributed by atoms with Gasteiger partial charge in [-0.25, -0.2) is 0 Å². The number of esters is 1. The largest absolute Gasteiger partial charge is 0.466 e. The lowest BCUT2D eigenvalue weighted by molar-refractivity contribution is -0.143. The zero-order valence-corrected chi connectivity index (χ0v) is 53.9. The Morgan fingerprint density at radius 3 is 0.861 bits per heavy atom. The summed E-state index contributed by atoms with van der Waals surface area (Å²) in [6.45, 7) is 4.96. The van der Waals surface area contributed by atoms with Crippen LogP contribution in [0.5, 0.6) is 0 Å². The van der Waals surface area contributed by atoms with E-state index in [0.29, 0.717) is 19.4 Å². The van der Waals surface area contributed by atoms with Crippen LogP contribution in [0.3, 0.4) is 0 Å². The number of aliphatic hydroxyl groups is 2. The van der Waals surface area contributed by atoms with E-state index in [1.807, 2.05) is 6.08 Å². The van der Waals surface area contributed by atoms with Gasteiger partial charge < -0.3 is 20.3 Å². The minimum Gasteiger partial charge on any atom is -0.466 e. The van der Waals surface area contributed by atoms with Gasteiger partial charge in [-0.2, -0.15) is 0 Å². The Morgan fingerprint density at radius 2 is 0.582 bits per heavy atom. The molecule has 0 bridgehead atoms. The van der Waals surface area contributed by atoms with Gasteiger partial charge in [0.1, 0.15) is 0 Å². The quantitative estimate of drug-likeness (QED) is 0.0320. The monoisotopic (exact) mass is 1110 g/mol. The predicted molar refractivity (Wildman–Crippen MR) is 347 cm³/mol. The van der Waals surface area contributed by atoms with Crippen LogP contribution in [0.1, 0.15) is 418 Å². The fourth-order valence-corrected chi connectivity index (χ4v) is 11.8. The maximum absolute atomic E-state index is 12.5. The van der Waals surface area contributed by atoms with Gasteiger partial charge in [0.05, 0.1) is 25.4 Å². The number of ether oxygens (including phenoxy) is 1. The molecule has 79 heavy (non-hydrogen) atoms. The van der Waals surface area contributed by atoms with Crippen molar-refractivity contribution >= 4 is 11.9 Å². The molecule has 0 aliphatic rings. The minimum absolute atomic E-state index is 0.0196. The van der Waals surface area contributed by atoms with Gasteiger partial charge in [-0.15, -0.1) is 0 Å². The Morgan fingerprint density at radius 1 is 0.342 bits per heavy atom. The number of hydrogen-bond donors (Lipinski definition) is 3. The molecule has 0 spiro atoms. The second-order valence-electron chi connectivity index (χ2n) is 25.3. The number of carbonyl (C=O) groups excluding carboxylic acids is 2. The van der Waals surface area contributed by atoms with E-state index in [1.54, 1.807) is 6.08 Å². The summed E-state index contributed by atoms with van der Waals surface area (Å²) in [6.07, 6.45) is 85.8. The van der Waals surface area contributed by atoms with E-state index >= 15 is 0 Å². The molecule has 6 nitrogen and oxygen atoms in total. The number of aliphatic hydroxyl groups excluding tert-OH is 2. The Labute approximate surface area is 495 Å². The van der Waals surface area contributed by atoms with E-state index in [-0.39, 0.29) is 18.5 Å². The summed E-state index contributed by atoms with van der Waals surface area (Å²) in [6, 6.07) is -0.628. The van der Waals surface area contributed by atoms with Crippen LogP contribution in [-0.2, 0) is 14.3 Å². The van der Waals surface area contributed by atoms with Crippen molar-refractivity contribution in [2.45, 2.75) is 431 Å². The predicted octanol–water partition coefficient (Wildman–Crippen LogP) is 23.5. The van der Waals surface area contributed by atoms with E-state index in [4.69, 9.17) is 4.74 Å². The van der Waals surface area contributed by atoms with Gasteiger partial charge in [-0.3, -0.25) is 9.59 Å². The Bertz CT molecular complexity index is 1190. The second-order valence-corrected chi connectivity index (χ2v) is 25.3. The molecule has 2 unspecified atom stereocenters. The third-order valence-corrected chi connectivity index (χ3v) is 17.3. The lowest BCUT2D eigenvalue weighted by Crippen LogP contribution is -2.45. The lowest BCUT2D eigenvalue weighted by atomic mass is 10.0. The molecule has 0 saturated heterocycles. The van der Waals surface area contributed by atoms with Crippen LogP contribution in [-0.4, -0.2) is 47.4 Å². The van der Waals surface area contributed by atoms with Crippen molar-refractivity contribution in [3.05, 3.63) is 12.2 Å². The van der Waals surface area contributed by atoms with Crippen molar-refractivity contribution in [1.82, 2.24) is 5.32 Å². The number of hydrogen-bond acceptors (Lipinski definition) is 5. The molecule has 0 aliphatic heterocycles. The molecule has 2 atom stereocenters. The van der Waals surface area contributed by atoms with Gasteiger partial charge in [0.15, 0.2) is 0 Å². The zero-order valence-electron chi connectivity index (χ0n) is 53.9. The molecule has 0 saturated carbocycles. The van der Waals surface area contributed by atoms with Crippen molar-refractivity contribution < 1.29 is 24.5 Å². The molecule has 0 fully saturated rings. The van der Waals surface area contributed by atoms with Crippen LogP contribution in [0.4, 0.5) is 0 Å². The van der Waals surface area contributed by atoms with Crippen LogP contribution in [0.25, 0.3) is 0 Å². The van der Waals surface area contributed by atoms with Crippen LogP contribution >= 0.6 is 0 Å². The smallest absolute Gasteiger partial charge is 0.305 e. The average molecular weight is 1110 g/mol. The highest BCUT2D eigenvalue weighted by atomic mass is 16.5. The summed E-state index contributed by atoms with van der Waals surface area (Å²) in [5.74, 6) is -0.0430. The molecule has 470 valence electrons. The highest BCUT2D eigenvalue weighted by Gasteiger charge is 2.18. The number of nitrogens with one attached hydrogen (secondary N) is 1. The van der Waals surface area contributed by atoms with Crippen molar-refractivity contribution in [3.63, 3.8) is 0 Å². The highest BCUT2D eigenvalue weighted by molar-refractivity contribution is 5.76. The Hall–Kier alpha value is -1.40. The molecule has 0 radical (unpaired) electrons. The first-order valence-electron chi connectivity index (χ1n) is 36.5. The summed E-state index contributed by atoms with van der Waals surface area (Å²) in [4.78, 5) is 24.6. The molecular formula is C73H143NO5. The van der Waals surface area contributed by atoms with E-state index < -0.39 is 12.1 Å². The van der Waals surface area contributed by atoms with E-state index in [0.717, 1.165) is 38.5 Å². The van der Waals surface area contributed by atoms with Crippen molar-refractivity contribution in [2.75, 3.05) is 13.2 Å². The Balaban J connectivity index is 3.37. The van der Waals surface area contributed by atoms with Crippen molar-refractivity contribution in [1.29, 1.82) is 0 Å². The molecule has 0 aliphatic carbocycles. The highest BCUT2D eigenvalue weighted by Crippen LogP contribution is 2.19. The van der Waals surface area contributed by atoms with E-state index in [1.165, 1.54) is 353 Å². The van der Waals surface area contributed by atoms with Crippen molar-refractivity contribution in [3.8, 4) is 0 Å². The molecule has 0 heterocycles. The molecule has 0 rings (SSSR count). The third-order valence-electron chi connectivity index (χ3n) is 17.3. The molecule has 3 N–H and O–H groups in total.